The van der Waals surface area contributed by atoms with Gasteiger partial charge in [-0.2, -0.15) is 4.39 Å². The highest BCUT2D eigenvalue weighted by molar-refractivity contribution is 5.67. The van der Waals surface area contributed by atoms with Crippen molar-refractivity contribution in [1.29, 1.82) is 0 Å². The third kappa shape index (κ3) is 5.23. The Labute approximate surface area is 148 Å². The fourth-order valence-corrected chi connectivity index (χ4v) is 2.15. The molecule has 0 saturated carbocycles. The molecule has 2 rings (SSSR count). The van der Waals surface area contributed by atoms with Crippen molar-refractivity contribution in [3.8, 4) is 0 Å². The van der Waals surface area contributed by atoms with Gasteiger partial charge in [0, 0.05) is 12.6 Å². The lowest BCUT2D eigenvalue weighted by Gasteiger charge is -2.18. The lowest BCUT2D eigenvalue weighted by molar-refractivity contribution is -0.387. The van der Waals surface area contributed by atoms with Crippen LogP contribution in [0.3, 0.4) is 0 Å². The van der Waals surface area contributed by atoms with E-state index < -0.39 is 34.7 Å². The Morgan fingerprint density at radius 1 is 1.23 bits per heavy atom. The maximum absolute atomic E-state index is 13.3. The largest absolute Gasteiger partial charge is 0.445 e. The molecule has 0 heterocycles. The SMILES string of the molecule is O=C(NCC(O)C(O)c1ccc(F)c([N+](=O)[O-])c1)OCc1ccccc1. The molecule has 0 radical (unpaired) electrons. The molecule has 138 valence electrons. The molecule has 3 N–H and O–H groups in total. The Balaban J connectivity index is 1.86. The van der Waals surface area contributed by atoms with E-state index in [4.69, 9.17) is 4.74 Å². The molecule has 0 fully saturated rings. The van der Waals surface area contributed by atoms with Crippen LogP contribution in [0.1, 0.15) is 17.2 Å². The van der Waals surface area contributed by atoms with Gasteiger partial charge in [0.1, 0.15) is 18.8 Å². The van der Waals surface area contributed by atoms with Crippen LogP contribution in [0.2, 0.25) is 0 Å². The van der Waals surface area contributed by atoms with Gasteiger partial charge in [-0.1, -0.05) is 36.4 Å². The van der Waals surface area contributed by atoms with E-state index in [1.807, 2.05) is 6.07 Å². The lowest BCUT2D eigenvalue weighted by Crippen LogP contribution is -2.35. The van der Waals surface area contributed by atoms with Gasteiger partial charge in [-0.25, -0.2) is 4.79 Å². The number of nitro groups is 1. The van der Waals surface area contributed by atoms with Crippen LogP contribution in [-0.2, 0) is 11.3 Å². The van der Waals surface area contributed by atoms with Gasteiger partial charge in [0.15, 0.2) is 0 Å². The highest BCUT2D eigenvalue weighted by Crippen LogP contribution is 2.24. The van der Waals surface area contributed by atoms with Gasteiger partial charge in [0.05, 0.1) is 4.92 Å². The molecule has 0 saturated heterocycles. The van der Waals surface area contributed by atoms with Crippen molar-refractivity contribution >= 4 is 11.8 Å². The van der Waals surface area contributed by atoms with Crippen molar-refractivity contribution in [2.45, 2.75) is 18.8 Å². The molecular weight excluding hydrogens is 347 g/mol. The normalized spacial score (nSPS) is 12.9. The molecule has 26 heavy (non-hydrogen) atoms. The molecule has 0 aliphatic rings. The summed E-state index contributed by atoms with van der Waals surface area (Å²) in [7, 11) is 0. The Morgan fingerprint density at radius 3 is 2.58 bits per heavy atom. The number of amides is 1. The summed E-state index contributed by atoms with van der Waals surface area (Å²) in [5, 5.41) is 32.9. The van der Waals surface area contributed by atoms with Gasteiger partial charge in [-0.05, 0) is 17.2 Å². The van der Waals surface area contributed by atoms with E-state index in [1.165, 1.54) is 0 Å². The summed E-state index contributed by atoms with van der Waals surface area (Å²) >= 11 is 0. The van der Waals surface area contributed by atoms with Crippen LogP contribution < -0.4 is 5.32 Å². The highest BCUT2D eigenvalue weighted by Gasteiger charge is 2.23. The van der Waals surface area contributed by atoms with Gasteiger partial charge >= 0.3 is 11.8 Å². The monoisotopic (exact) mass is 364 g/mol. The van der Waals surface area contributed by atoms with Crippen molar-refractivity contribution in [3.63, 3.8) is 0 Å². The molecule has 2 aromatic carbocycles. The number of ether oxygens (including phenoxy) is 1. The average molecular weight is 364 g/mol. The van der Waals surface area contributed by atoms with Crippen LogP contribution in [0.15, 0.2) is 48.5 Å². The molecule has 0 bridgehead atoms. The second kappa shape index (κ2) is 8.88. The minimum Gasteiger partial charge on any atom is -0.445 e. The molecular formula is C17H17FN2O6. The number of hydrogen-bond acceptors (Lipinski definition) is 6. The number of rotatable bonds is 7. The van der Waals surface area contributed by atoms with Crippen LogP contribution >= 0.6 is 0 Å². The Hall–Kier alpha value is -3.04. The Kier molecular flexibility index (Phi) is 6.59. The lowest BCUT2D eigenvalue weighted by atomic mass is 10.0. The molecule has 2 aromatic rings. The maximum atomic E-state index is 13.3. The van der Waals surface area contributed by atoms with Gasteiger partial charge in [0.2, 0.25) is 5.82 Å². The Morgan fingerprint density at radius 2 is 1.92 bits per heavy atom. The number of halogens is 1. The van der Waals surface area contributed by atoms with E-state index in [0.717, 1.165) is 23.8 Å². The molecule has 0 aliphatic carbocycles. The zero-order valence-electron chi connectivity index (χ0n) is 13.5. The standard InChI is InChI=1S/C17H17FN2O6/c18-13-7-6-12(8-14(13)20(24)25)16(22)15(21)9-19-17(23)26-10-11-4-2-1-3-5-11/h1-8,15-16,21-22H,9-10H2,(H,19,23). The number of benzene rings is 2. The van der Waals surface area contributed by atoms with Gasteiger partial charge in [-0.3, -0.25) is 10.1 Å². The first-order chi connectivity index (χ1) is 12.4. The number of hydrogen-bond donors (Lipinski definition) is 3. The number of carbonyl (C=O) groups excluding carboxylic acids is 1. The number of alkyl carbamates (subject to hydrolysis) is 1. The van der Waals surface area contributed by atoms with E-state index in [2.05, 4.69) is 5.32 Å². The number of nitrogens with zero attached hydrogens (tertiary/aromatic N) is 1. The molecule has 1 amide bonds. The zero-order valence-corrected chi connectivity index (χ0v) is 13.5. The number of nitro benzene ring substituents is 1. The van der Waals surface area contributed by atoms with Crippen molar-refractivity contribution in [2.75, 3.05) is 6.54 Å². The summed E-state index contributed by atoms with van der Waals surface area (Å²) in [5.41, 5.74) is -0.0871. The third-order valence-corrected chi connectivity index (χ3v) is 3.54. The summed E-state index contributed by atoms with van der Waals surface area (Å²) in [6.07, 6.45) is -3.82. The van der Waals surface area contributed by atoms with Gasteiger partial charge in [0.25, 0.3) is 0 Å². The second-order valence-corrected chi connectivity index (χ2v) is 5.42. The first-order valence-electron chi connectivity index (χ1n) is 7.63. The van der Waals surface area contributed by atoms with E-state index in [0.29, 0.717) is 0 Å². The summed E-state index contributed by atoms with van der Waals surface area (Å²) in [4.78, 5) is 21.4. The van der Waals surface area contributed by atoms with Crippen LogP contribution in [0.5, 0.6) is 0 Å². The quantitative estimate of drug-likeness (QED) is 0.511. The van der Waals surface area contributed by atoms with E-state index in [-0.39, 0.29) is 18.7 Å². The first kappa shape index (κ1) is 19.3. The number of nitrogens with one attached hydrogen (secondary N) is 1. The highest BCUT2D eigenvalue weighted by atomic mass is 19.1. The molecule has 9 heteroatoms. The smallest absolute Gasteiger partial charge is 0.407 e. The third-order valence-electron chi connectivity index (χ3n) is 3.54. The second-order valence-electron chi connectivity index (χ2n) is 5.42. The van der Waals surface area contributed by atoms with E-state index in [1.54, 1.807) is 24.3 Å². The van der Waals surface area contributed by atoms with Crippen molar-refractivity contribution < 1.29 is 29.1 Å². The number of carbonyl (C=O) groups is 1. The summed E-state index contributed by atoms with van der Waals surface area (Å²) < 4.78 is 18.3. The van der Waals surface area contributed by atoms with Gasteiger partial charge in [-0.15, -0.1) is 0 Å². The Bertz CT molecular complexity index is 771. The van der Waals surface area contributed by atoms with Gasteiger partial charge < -0.3 is 20.3 Å². The topological polar surface area (TPSA) is 122 Å². The molecule has 2 unspecified atom stereocenters. The molecule has 8 nitrogen and oxygen atoms in total. The number of aliphatic hydroxyl groups excluding tert-OH is 2. The zero-order chi connectivity index (χ0) is 19.1. The predicted octanol–water partition coefficient (Wildman–Crippen LogP) is 2.05. The average Bonchev–Trinajstić information content (AvgIpc) is 2.64. The van der Waals surface area contributed by atoms with Crippen LogP contribution in [-0.4, -0.2) is 33.9 Å². The van der Waals surface area contributed by atoms with Crippen LogP contribution in [0.4, 0.5) is 14.9 Å². The first-order valence-corrected chi connectivity index (χ1v) is 7.63. The molecule has 2 atom stereocenters. The fraction of sp³-hybridized carbons (Fsp3) is 0.235. The summed E-state index contributed by atoms with van der Waals surface area (Å²) in [6.45, 7) is -0.324. The van der Waals surface area contributed by atoms with Crippen LogP contribution in [0, 0.1) is 15.9 Å². The van der Waals surface area contributed by atoms with E-state index in [9.17, 15) is 29.5 Å². The minimum absolute atomic E-state index is 0.0372. The van der Waals surface area contributed by atoms with E-state index >= 15 is 0 Å². The van der Waals surface area contributed by atoms with Crippen molar-refractivity contribution in [2.24, 2.45) is 0 Å². The predicted molar refractivity (Wildman–Crippen MR) is 88.7 cm³/mol. The minimum atomic E-state index is -1.55. The molecule has 0 aromatic heterocycles. The summed E-state index contributed by atoms with van der Waals surface area (Å²) in [5.74, 6) is -1.05. The molecule has 0 aliphatic heterocycles. The fourth-order valence-electron chi connectivity index (χ4n) is 2.15. The van der Waals surface area contributed by atoms with Crippen LogP contribution in [0.25, 0.3) is 0 Å². The number of aliphatic hydroxyl groups is 2. The van der Waals surface area contributed by atoms with Crippen molar-refractivity contribution in [1.82, 2.24) is 5.32 Å². The molecule has 0 spiro atoms. The van der Waals surface area contributed by atoms with Crippen molar-refractivity contribution in [3.05, 3.63) is 75.6 Å². The summed E-state index contributed by atoms with van der Waals surface area (Å²) in [6, 6.07) is 11.7. The maximum Gasteiger partial charge on any atom is 0.407 e.